The first-order valence-corrected chi connectivity index (χ1v) is 13.7. The zero-order chi connectivity index (χ0) is 25.8. The van der Waals surface area contributed by atoms with Crippen molar-refractivity contribution in [3.05, 3.63) is 95.1 Å². The van der Waals surface area contributed by atoms with Gasteiger partial charge in [-0.1, -0.05) is 42.5 Å². The second kappa shape index (κ2) is 11.4. The highest BCUT2D eigenvalue weighted by atomic mass is 16.3. The molecule has 0 aliphatic carbocycles. The molecular formula is C32H39N3O2. The van der Waals surface area contributed by atoms with E-state index in [1.165, 1.54) is 29.7 Å². The van der Waals surface area contributed by atoms with E-state index < -0.39 is 0 Å². The van der Waals surface area contributed by atoms with Gasteiger partial charge in [0.15, 0.2) is 0 Å². The summed E-state index contributed by atoms with van der Waals surface area (Å²) in [5, 5.41) is 10.1. The van der Waals surface area contributed by atoms with Gasteiger partial charge in [0, 0.05) is 49.7 Å². The molecule has 5 rings (SSSR count). The van der Waals surface area contributed by atoms with Crippen LogP contribution in [0.25, 0.3) is 0 Å². The number of anilines is 2. The zero-order valence-corrected chi connectivity index (χ0v) is 22.1. The Hall–Kier alpha value is -3.31. The molecule has 2 fully saturated rings. The van der Waals surface area contributed by atoms with Crippen LogP contribution in [0.2, 0.25) is 0 Å². The number of carbonyl (C=O) groups is 1. The Morgan fingerprint density at radius 3 is 2.14 bits per heavy atom. The molecule has 2 aliphatic heterocycles. The van der Waals surface area contributed by atoms with Gasteiger partial charge in [0.25, 0.3) is 5.91 Å². The maximum Gasteiger partial charge on any atom is 0.254 e. The molecule has 1 amide bonds. The highest BCUT2D eigenvalue weighted by Crippen LogP contribution is 2.29. The quantitative estimate of drug-likeness (QED) is 0.516. The fourth-order valence-electron chi connectivity index (χ4n) is 6.02. The normalized spacial score (nSPS) is 18.8. The van der Waals surface area contributed by atoms with Gasteiger partial charge >= 0.3 is 0 Å². The van der Waals surface area contributed by atoms with Crippen LogP contribution in [0.5, 0.6) is 0 Å². The lowest BCUT2D eigenvalue weighted by Gasteiger charge is -2.42. The molecule has 0 saturated carbocycles. The number of piperidine rings is 1. The monoisotopic (exact) mass is 497 g/mol. The van der Waals surface area contributed by atoms with Gasteiger partial charge in [0.05, 0.1) is 12.6 Å². The van der Waals surface area contributed by atoms with Crippen LogP contribution in [0.4, 0.5) is 11.4 Å². The zero-order valence-electron chi connectivity index (χ0n) is 22.1. The number of para-hydroxylation sites is 2. The van der Waals surface area contributed by atoms with Gasteiger partial charge < -0.3 is 19.8 Å². The molecule has 2 aliphatic rings. The first-order chi connectivity index (χ1) is 18.0. The Labute approximate surface area is 221 Å². The number of aryl methyl sites for hydroxylation is 2. The number of hydrogen-bond acceptors (Lipinski definition) is 4. The average molecular weight is 498 g/mol. The Morgan fingerprint density at radius 2 is 1.49 bits per heavy atom. The Kier molecular flexibility index (Phi) is 7.80. The molecule has 0 bridgehead atoms. The van der Waals surface area contributed by atoms with Gasteiger partial charge in [0.2, 0.25) is 0 Å². The summed E-state index contributed by atoms with van der Waals surface area (Å²) in [7, 11) is 0. The fourth-order valence-corrected chi connectivity index (χ4v) is 6.02. The van der Waals surface area contributed by atoms with E-state index >= 15 is 0 Å². The number of hydrogen-bond donors (Lipinski definition) is 1. The van der Waals surface area contributed by atoms with E-state index in [0.29, 0.717) is 19.0 Å². The summed E-state index contributed by atoms with van der Waals surface area (Å²) in [6.45, 7) is 8.33. The van der Waals surface area contributed by atoms with Crippen LogP contribution in [0.15, 0.2) is 72.8 Å². The lowest BCUT2D eigenvalue weighted by atomic mass is 9.86. The molecule has 0 radical (unpaired) electrons. The first-order valence-electron chi connectivity index (χ1n) is 13.7. The third kappa shape index (κ3) is 5.67. The molecule has 3 aromatic carbocycles. The lowest BCUT2D eigenvalue weighted by Crippen LogP contribution is -2.56. The van der Waals surface area contributed by atoms with E-state index in [4.69, 9.17) is 0 Å². The van der Waals surface area contributed by atoms with E-state index in [1.807, 2.05) is 30.0 Å². The SMILES string of the molecule is Cc1cc(C)c(C(=O)N2CCN(c3ccccc3)[C@@H](CO)C2)cc1CC1CCN(c2ccccc2)CC1. The number of aliphatic hydroxyl groups is 1. The number of nitrogens with zero attached hydrogens (tertiary/aromatic N) is 3. The summed E-state index contributed by atoms with van der Waals surface area (Å²) in [4.78, 5) is 20.3. The summed E-state index contributed by atoms with van der Waals surface area (Å²) in [5.41, 5.74) is 6.84. The van der Waals surface area contributed by atoms with Crippen LogP contribution in [0.3, 0.4) is 0 Å². The van der Waals surface area contributed by atoms with Crippen molar-refractivity contribution in [3.8, 4) is 0 Å². The molecule has 37 heavy (non-hydrogen) atoms. The minimum atomic E-state index is -0.0971. The summed E-state index contributed by atoms with van der Waals surface area (Å²) in [5.74, 6) is 0.723. The van der Waals surface area contributed by atoms with Crippen molar-refractivity contribution in [2.75, 3.05) is 49.1 Å². The predicted octanol–water partition coefficient (Wildman–Crippen LogP) is 5.09. The van der Waals surface area contributed by atoms with Crippen molar-refractivity contribution in [2.45, 2.75) is 39.2 Å². The van der Waals surface area contributed by atoms with Gasteiger partial charge in [-0.2, -0.15) is 0 Å². The molecule has 2 saturated heterocycles. The molecule has 1 N–H and O–H groups in total. The van der Waals surface area contributed by atoms with Crippen molar-refractivity contribution in [1.29, 1.82) is 0 Å². The van der Waals surface area contributed by atoms with Gasteiger partial charge in [-0.05, 0) is 86.1 Å². The molecule has 1 atom stereocenters. The highest BCUT2D eigenvalue weighted by molar-refractivity contribution is 5.96. The van der Waals surface area contributed by atoms with Crippen LogP contribution in [0.1, 0.15) is 39.9 Å². The van der Waals surface area contributed by atoms with E-state index in [0.717, 1.165) is 42.9 Å². The fraction of sp³-hybridized carbons (Fsp3) is 0.406. The number of benzene rings is 3. The number of rotatable bonds is 6. The molecule has 5 nitrogen and oxygen atoms in total. The first kappa shape index (κ1) is 25.3. The predicted molar refractivity (Wildman–Crippen MR) is 152 cm³/mol. The smallest absolute Gasteiger partial charge is 0.254 e. The molecule has 0 aromatic heterocycles. The van der Waals surface area contributed by atoms with Crippen molar-refractivity contribution >= 4 is 17.3 Å². The summed E-state index contributed by atoms with van der Waals surface area (Å²) >= 11 is 0. The third-order valence-electron chi connectivity index (χ3n) is 8.23. The largest absolute Gasteiger partial charge is 0.394 e. The average Bonchev–Trinajstić information content (AvgIpc) is 2.95. The molecule has 5 heteroatoms. The van der Waals surface area contributed by atoms with Crippen LogP contribution < -0.4 is 9.80 Å². The van der Waals surface area contributed by atoms with E-state index in [9.17, 15) is 9.90 Å². The van der Waals surface area contributed by atoms with Gasteiger partial charge in [0.1, 0.15) is 0 Å². The van der Waals surface area contributed by atoms with Crippen LogP contribution >= 0.6 is 0 Å². The molecular weight excluding hydrogens is 458 g/mol. The van der Waals surface area contributed by atoms with E-state index in [1.54, 1.807) is 0 Å². The number of carbonyl (C=O) groups excluding carboxylic acids is 1. The van der Waals surface area contributed by atoms with Gasteiger partial charge in [-0.15, -0.1) is 0 Å². The Balaban J connectivity index is 1.25. The second-order valence-corrected chi connectivity index (χ2v) is 10.7. The Morgan fingerprint density at radius 1 is 0.838 bits per heavy atom. The van der Waals surface area contributed by atoms with Crippen LogP contribution in [-0.2, 0) is 6.42 Å². The summed E-state index contributed by atoms with van der Waals surface area (Å²) < 4.78 is 0. The number of amides is 1. The minimum Gasteiger partial charge on any atom is -0.394 e. The van der Waals surface area contributed by atoms with Crippen molar-refractivity contribution in [2.24, 2.45) is 5.92 Å². The summed E-state index contributed by atoms with van der Waals surface area (Å²) in [6.07, 6.45) is 3.37. The third-order valence-corrected chi connectivity index (χ3v) is 8.23. The molecule has 3 aromatic rings. The maximum atomic E-state index is 13.7. The lowest BCUT2D eigenvalue weighted by molar-refractivity contribution is 0.0698. The van der Waals surface area contributed by atoms with E-state index in [2.05, 4.69) is 71.3 Å². The molecule has 0 unspecified atom stereocenters. The summed E-state index contributed by atoms with van der Waals surface area (Å²) in [6, 6.07) is 25.1. The van der Waals surface area contributed by atoms with Crippen molar-refractivity contribution in [1.82, 2.24) is 4.90 Å². The molecule has 194 valence electrons. The standard InChI is InChI=1S/C32H39N3O2/c1-24-19-25(2)31(21-27(24)20-26-13-15-33(16-14-26)28-9-5-3-6-10-28)32(37)34-17-18-35(30(22-34)23-36)29-11-7-4-8-12-29/h3-12,19,21,26,30,36H,13-18,20,22-23H2,1-2H3/t30-/m1/s1. The van der Waals surface area contributed by atoms with Gasteiger partial charge in [-0.3, -0.25) is 4.79 Å². The minimum absolute atomic E-state index is 0.0263. The van der Waals surface area contributed by atoms with Gasteiger partial charge in [-0.25, -0.2) is 0 Å². The van der Waals surface area contributed by atoms with E-state index in [-0.39, 0.29) is 18.6 Å². The van der Waals surface area contributed by atoms with Crippen LogP contribution in [0, 0.1) is 19.8 Å². The molecule has 0 spiro atoms. The number of aliphatic hydroxyl groups excluding tert-OH is 1. The van der Waals surface area contributed by atoms with Crippen LogP contribution in [-0.4, -0.2) is 61.3 Å². The topological polar surface area (TPSA) is 47.0 Å². The maximum absolute atomic E-state index is 13.7. The second-order valence-electron chi connectivity index (χ2n) is 10.7. The number of piperazine rings is 1. The highest BCUT2D eigenvalue weighted by Gasteiger charge is 2.31. The molecule has 2 heterocycles. The van der Waals surface area contributed by atoms with Crippen molar-refractivity contribution in [3.63, 3.8) is 0 Å². The Bertz CT molecular complexity index is 1190. The van der Waals surface area contributed by atoms with Crippen molar-refractivity contribution < 1.29 is 9.90 Å².